The molecule has 116 valence electrons. The van der Waals surface area contributed by atoms with Crippen molar-refractivity contribution in [2.45, 2.75) is 34.6 Å². The maximum atomic E-state index is 13.8. The van der Waals surface area contributed by atoms with E-state index in [2.05, 4.69) is 15.5 Å². The molecule has 1 saturated heterocycles. The Bertz CT molecular complexity index is 363. The van der Waals surface area contributed by atoms with Crippen LogP contribution >= 0.6 is 11.9 Å². The molecule has 0 spiro atoms. The summed E-state index contributed by atoms with van der Waals surface area (Å²) in [6.07, 6.45) is 2.09. The van der Waals surface area contributed by atoms with Crippen molar-refractivity contribution in [2.24, 2.45) is 0 Å². The van der Waals surface area contributed by atoms with Crippen LogP contribution in [-0.4, -0.2) is 36.7 Å². The number of rotatable bonds is 2. The fourth-order valence-corrected chi connectivity index (χ4v) is 2.51. The maximum absolute atomic E-state index is 13.8. The van der Waals surface area contributed by atoms with Gasteiger partial charge in [-0.05, 0) is 30.9 Å². The number of aryl methyl sites for hydroxylation is 1. The van der Waals surface area contributed by atoms with Gasteiger partial charge in [0.2, 0.25) is 0 Å². The summed E-state index contributed by atoms with van der Waals surface area (Å²) in [6, 6.07) is 5.47. The molecule has 0 saturated carbocycles. The van der Waals surface area contributed by atoms with Crippen LogP contribution < -0.4 is 4.90 Å². The predicted octanol–water partition coefficient (Wildman–Crippen LogP) is 4.59. The fraction of sp³-hybridized carbons (Fsp3) is 0.625. The van der Waals surface area contributed by atoms with Crippen molar-refractivity contribution in [3.63, 3.8) is 0 Å². The highest BCUT2D eigenvalue weighted by molar-refractivity contribution is 7.96. The molecule has 0 aliphatic carbocycles. The average molecular weight is 300 g/mol. The predicted molar refractivity (Wildman–Crippen MR) is 91.1 cm³/mol. The summed E-state index contributed by atoms with van der Waals surface area (Å²) in [4.78, 5) is 2.13. The number of nitrogens with zero attached hydrogens (tertiary/aromatic N) is 2. The zero-order valence-electron chi connectivity index (χ0n) is 13.7. The molecular weight excluding hydrogens is 271 g/mol. The van der Waals surface area contributed by atoms with Crippen molar-refractivity contribution in [3.05, 3.63) is 29.6 Å². The zero-order valence-corrected chi connectivity index (χ0v) is 14.6. The summed E-state index contributed by atoms with van der Waals surface area (Å²) < 4.78 is 16.1. The van der Waals surface area contributed by atoms with Crippen molar-refractivity contribution in [1.29, 1.82) is 0 Å². The van der Waals surface area contributed by atoms with Gasteiger partial charge in [0.1, 0.15) is 5.82 Å². The molecule has 1 aliphatic heterocycles. The van der Waals surface area contributed by atoms with Crippen LogP contribution in [0.15, 0.2) is 18.2 Å². The number of hydrogen-bond donors (Lipinski definition) is 0. The quantitative estimate of drug-likeness (QED) is 0.738. The molecule has 0 atom stereocenters. The Labute approximate surface area is 128 Å². The molecule has 20 heavy (non-hydrogen) atoms. The maximum Gasteiger partial charge on any atom is 0.146 e. The molecule has 0 unspecified atom stereocenters. The second-order valence-corrected chi connectivity index (χ2v) is 4.94. The van der Waals surface area contributed by atoms with E-state index in [1.807, 2.05) is 46.8 Å². The molecule has 2 nitrogen and oxygen atoms in total. The van der Waals surface area contributed by atoms with Gasteiger partial charge in [-0.15, -0.1) is 0 Å². The second-order valence-electron chi connectivity index (χ2n) is 4.05. The molecule has 1 fully saturated rings. The van der Waals surface area contributed by atoms with Crippen LogP contribution in [0.2, 0.25) is 0 Å². The van der Waals surface area contributed by atoms with E-state index in [0.29, 0.717) is 0 Å². The van der Waals surface area contributed by atoms with Crippen LogP contribution in [0.4, 0.5) is 10.1 Å². The van der Waals surface area contributed by atoms with Gasteiger partial charge < -0.3 is 4.90 Å². The highest BCUT2D eigenvalue weighted by Crippen LogP contribution is 2.22. The van der Waals surface area contributed by atoms with Gasteiger partial charge in [-0.2, -0.15) is 0 Å². The van der Waals surface area contributed by atoms with Gasteiger partial charge >= 0.3 is 0 Å². The summed E-state index contributed by atoms with van der Waals surface area (Å²) in [7, 11) is 0. The van der Waals surface area contributed by atoms with Crippen molar-refractivity contribution in [3.8, 4) is 0 Å². The smallest absolute Gasteiger partial charge is 0.146 e. The first-order valence-electron chi connectivity index (χ1n) is 7.51. The Hall–Kier alpha value is -0.740. The molecule has 0 bridgehead atoms. The average Bonchev–Trinajstić information content (AvgIpc) is 2.51. The Morgan fingerprint density at radius 2 is 1.55 bits per heavy atom. The summed E-state index contributed by atoms with van der Waals surface area (Å²) in [5.41, 5.74) is 1.72. The van der Waals surface area contributed by atoms with E-state index < -0.39 is 0 Å². The van der Waals surface area contributed by atoms with Crippen LogP contribution in [0, 0.1) is 12.7 Å². The number of halogens is 1. The van der Waals surface area contributed by atoms with E-state index in [1.54, 1.807) is 18.0 Å². The Balaban J connectivity index is 0.000000829. The largest absolute Gasteiger partial charge is 0.367 e. The van der Waals surface area contributed by atoms with E-state index in [-0.39, 0.29) is 5.82 Å². The van der Waals surface area contributed by atoms with E-state index in [1.165, 1.54) is 0 Å². The lowest BCUT2D eigenvalue weighted by molar-refractivity contribution is 0.427. The number of hydrogen-bond acceptors (Lipinski definition) is 3. The lowest BCUT2D eigenvalue weighted by Gasteiger charge is -2.34. The Morgan fingerprint density at radius 1 is 1.00 bits per heavy atom. The summed E-state index contributed by atoms with van der Waals surface area (Å²) in [6.45, 7) is 13.7. The molecule has 0 amide bonds. The van der Waals surface area contributed by atoms with Gasteiger partial charge in [0.15, 0.2) is 0 Å². The third-order valence-corrected chi connectivity index (χ3v) is 3.82. The minimum atomic E-state index is -0.0994. The fourth-order valence-electron chi connectivity index (χ4n) is 1.98. The van der Waals surface area contributed by atoms with Gasteiger partial charge in [-0.25, -0.2) is 8.70 Å². The Kier molecular flexibility index (Phi) is 10.6. The van der Waals surface area contributed by atoms with Gasteiger partial charge in [0.25, 0.3) is 0 Å². The van der Waals surface area contributed by atoms with Crippen molar-refractivity contribution in [1.82, 2.24) is 4.31 Å². The third-order valence-electron chi connectivity index (χ3n) is 2.94. The molecule has 2 rings (SSSR count). The molecule has 0 radical (unpaired) electrons. The summed E-state index contributed by atoms with van der Waals surface area (Å²) in [5.74, 6) is -0.0994. The summed E-state index contributed by atoms with van der Waals surface area (Å²) in [5, 5.41) is 0. The Morgan fingerprint density at radius 3 is 2.00 bits per heavy atom. The van der Waals surface area contributed by atoms with Crippen molar-refractivity contribution in [2.75, 3.05) is 37.3 Å². The normalized spacial score (nSPS) is 14.8. The number of anilines is 1. The van der Waals surface area contributed by atoms with E-state index in [4.69, 9.17) is 0 Å². The SMILES string of the molecule is CC.CC.CSN1CCN(c2ccc(C)cc2F)CC1. The van der Waals surface area contributed by atoms with E-state index in [0.717, 1.165) is 37.4 Å². The lowest BCUT2D eigenvalue weighted by Crippen LogP contribution is -2.43. The molecule has 0 N–H and O–H groups in total. The summed E-state index contributed by atoms with van der Waals surface area (Å²) >= 11 is 1.76. The first kappa shape index (κ1) is 19.3. The van der Waals surface area contributed by atoms with Crippen LogP contribution in [0.25, 0.3) is 0 Å². The second kappa shape index (κ2) is 11.0. The highest BCUT2D eigenvalue weighted by Gasteiger charge is 2.18. The third kappa shape index (κ3) is 5.71. The van der Waals surface area contributed by atoms with Crippen molar-refractivity contribution >= 4 is 17.6 Å². The standard InChI is InChI=1S/C12H17FN2S.2C2H6/c1-10-3-4-12(11(13)9-10)14-5-7-15(16-2)8-6-14;2*1-2/h3-4,9H,5-8H2,1-2H3;2*1-2H3. The molecule has 1 aliphatic rings. The highest BCUT2D eigenvalue weighted by atomic mass is 32.2. The van der Waals surface area contributed by atoms with Gasteiger partial charge in [0, 0.05) is 26.2 Å². The molecule has 0 aromatic heterocycles. The van der Waals surface area contributed by atoms with Crippen molar-refractivity contribution < 1.29 is 4.39 Å². The van der Waals surface area contributed by atoms with Gasteiger partial charge in [0.05, 0.1) is 5.69 Å². The minimum absolute atomic E-state index is 0.0994. The first-order chi connectivity index (χ1) is 9.70. The van der Waals surface area contributed by atoms with E-state index >= 15 is 0 Å². The monoisotopic (exact) mass is 300 g/mol. The zero-order chi connectivity index (χ0) is 15.5. The van der Waals surface area contributed by atoms with Crippen LogP contribution in [0.5, 0.6) is 0 Å². The minimum Gasteiger partial charge on any atom is -0.367 e. The number of benzene rings is 1. The lowest BCUT2D eigenvalue weighted by atomic mass is 10.2. The van der Waals surface area contributed by atoms with Crippen LogP contribution in [-0.2, 0) is 0 Å². The van der Waals surface area contributed by atoms with Crippen LogP contribution in [0.3, 0.4) is 0 Å². The molecular formula is C16H29FN2S. The molecule has 1 aromatic carbocycles. The number of piperazine rings is 1. The first-order valence-corrected chi connectivity index (χ1v) is 8.69. The van der Waals surface area contributed by atoms with Gasteiger partial charge in [-0.1, -0.05) is 45.7 Å². The molecule has 1 aromatic rings. The van der Waals surface area contributed by atoms with Crippen LogP contribution in [0.1, 0.15) is 33.3 Å². The van der Waals surface area contributed by atoms with Gasteiger partial charge in [-0.3, -0.25) is 0 Å². The topological polar surface area (TPSA) is 6.48 Å². The molecule has 1 heterocycles. The molecule has 4 heteroatoms. The van der Waals surface area contributed by atoms with E-state index in [9.17, 15) is 4.39 Å².